The van der Waals surface area contributed by atoms with Crippen molar-refractivity contribution in [3.8, 4) is 0 Å². The van der Waals surface area contributed by atoms with Crippen LogP contribution in [0.25, 0.3) is 0 Å². The minimum absolute atomic E-state index is 0.0289. The third kappa shape index (κ3) is 1.88. The van der Waals surface area contributed by atoms with E-state index in [1.807, 2.05) is 0 Å². The van der Waals surface area contributed by atoms with Gasteiger partial charge in [0.25, 0.3) is 0 Å². The Labute approximate surface area is 76.5 Å². The van der Waals surface area contributed by atoms with Crippen molar-refractivity contribution in [2.24, 2.45) is 0 Å². The van der Waals surface area contributed by atoms with Gasteiger partial charge in [-0.15, -0.1) is 0 Å². The van der Waals surface area contributed by atoms with Crippen molar-refractivity contribution in [1.82, 2.24) is 0 Å². The molecule has 0 spiro atoms. The molecule has 1 rings (SSSR count). The number of benzene rings is 1. The summed E-state index contributed by atoms with van der Waals surface area (Å²) in [7, 11) is 0. The van der Waals surface area contributed by atoms with Crippen LogP contribution in [0.2, 0.25) is 0 Å². The highest BCUT2D eigenvalue weighted by Crippen LogP contribution is 2.20. The Hall–Kier alpha value is -0.770. The lowest BCUT2D eigenvalue weighted by Crippen LogP contribution is -1.91. The van der Waals surface area contributed by atoms with E-state index in [0.717, 1.165) is 12.1 Å². The minimum Gasteiger partial charge on any atom is -0.303 e. The molecule has 0 N–H and O–H groups in total. The standard InChI is InChI=1S/C8H5BrF2O/c9-8-6(10)3-5(1-2-12)4-7(8)11/h2-4H,1H2. The number of halogens is 3. The molecular formula is C8H5BrF2O. The topological polar surface area (TPSA) is 17.1 Å². The molecule has 0 aliphatic carbocycles. The number of rotatable bonds is 2. The maximum absolute atomic E-state index is 12.8. The Morgan fingerprint density at radius 3 is 2.25 bits per heavy atom. The third-order valence-electron chi connectivity index (χ3n) is 1.36. The van der Waals surface area contributed by atoms with Gasteiger partial charge in [0.2, 0.25) is 0 Å². The Kier molecular flexibility index (Phi) is 2.92. The van der Waals surface area contributed by atoms with Crippen LogP contribution < -0.4 is 0 Å². The normalized spacial score (nSPS) is 9.92. The summed E-state index contributed by atoms with van der Waals surface area (Å²) in [5.74, 6) is -1.38. The lowest BCUT2D eigenvalue weighted by molar-refractivity contribution is -0.107. The van der Waals surface area contributed by atoms with Gasteiger partial charge in [-0.2, -0.15) is 0 Å². The fourth-order valence-corrected chi connectivity index (χ4v) is 1.05. The second-order valence-electron chi connectivity index (χ2n) is 2.24. The Bertz CT molecular complexity index is 289. The molecule has 0 aliphatic heterocycles. The molecule has 0 saturated heterocycles. The molecule has 0 unspecified atom stereocenters. The third-order valence-corrected chi connectivity index (χ3v) is 2.12. The summed E-state index contributed by atoms with van der Waals surface area (Å²) in [5, 5.41) is 0. The molecule has 0 radical (unpaired) electrons. The van der Waals surface area contributed by atoms with Gasteiger partial charge in [0, 0.05) is 6.42 Å². The lowest BCUT2D eigenvalue weighted by atomic mass is 10.1. The van der Waals surface area contributed by atoms with E-state index < -0.39 is 11.6 Å². The first kappa shape index (κ1) is 9.32. The molecule has 0 amide bonds. The van der Waals surface area contributed by atoms with Crippen molar-refractivity contribution in [2.45, 2.75) is 6.42 Å². The highest BCUT2D eigenvalue weighted by Gasteiger charge is 2.07. The smallest absolute Gasteiger partial charge is 0.140 e. The first-order valence-electron chi connectivity index (χ1n) is 3.22. The van der Waals surface area contributed by atoms with Gasteiger partial charge in [-0.1, -0.05) is 0 Å². The second-order valence-corrected chi connectivity index (χ2v) is 3.04. The summed E-state index contributed by atoms with van der Waals surface area (Å²) < 4.78 is 25.3. The Morgan fingerprint density at radius 2 is 1.83 bits per heavy atom. The average molecular weight is 235 g/mol. The SMILES string of the molecule is O=CCc1cc(F)c(Br)c(F)c1. The van der Waals surface area contributed by atoms with Crippen molar-refractivity contribution < 1.29 is 13.6 Å². The number of hydrogen-bond donors (Lipinski definition) is 0. The van der Waals surface area contributed by atoms with E-state index in [0.29, 0.717) is 11.8 Å². The van der Waals surface area contributed by atoms with Crippen LogP contribution in [0.1, 0.15) is 5.56 Å². The molecule has 4 heteroatoms. The summed E-state index contributed by atoms with van der Waals surface area (Å²) in [5.41, 5.74) is 0.336. The zero-order chi connectivity index (χ0) is 9.14. The van der Waals surface area contributed by atoms with Gasteiger partial charge in [0.15, 0.2) is 0 Å². The van der Waals surface area contributed by atoms with Crippen molar-refractivity contribution in [3.63, 3.8) is 0 Å². The molecule has 0 bridgehead atoms. The van der Waals surface area contributed by atoms with Crippen LogP contribution in [0.15, 0.2) is 16.6 Å². The van der Waals surface area contributed by atoms with Crippen LogP contribution >= 0.6 is 15.9 Å². The first-order valence-corrected chi connectivity index (χ1v) is 4.01. The van der Waals surface area contributed by atoms with Gasteiger partial charge in [-0.25, -0.2) is 8.78 Å². The Morgan fingerprint density at radius 1 is 1.33 bits per heavy atom. The van der Waals surface area contributed by atoms with Gasteiger partial charge in [0.1, 0.15) is 17.9 Å². The van der Waals surface area contributed by atoms with Crippen molar-refractivity contribution >= 4 is 22.2 Å². The zero-order valence-electron chi connectivity index (χ0n) is 5.98. The number of hydrogen-bond acceptors (Lipinski definition) is 1. The molecule has 64 valence electrons. The van der Waals surface area contributed by atoms with Crippen LogP contribution in [-0.4, -0.2) is 6.29 Å². The predicted molar refractivity (Wildman–Crippen MR) is 43.8 cm³/mol. The van der Waals surface area contributed by atoms with E-state index >= 15 is 0 Å². The molecule has 0 aliphatic rings. The molecule has 0 atom stereocenters. The van der Waals surface area contributed by atoms with Crippen LogP contribution in [0.5, 0.6) is 0 Å². The lowest BCUT2D eigenvalue weighted by Gasteiger charge is -1.99. The largest absolute Gasteiger partial charge is 0.303 e. The fourth-order valence-electron chi connectivity index (χ4n) is 0.822. The van der Waals surface area contributed by atoms with E-state index in [4.69, 9.17) is 0 Å². The van der Waals surface area contributed by atoms with Gasteiger partial charge in [0.05, 0.1) is 4.47 Å². The molecule has 1 aromatic carbocycles. The monoisotopic (exact) mass is 234 g/mol. The van der Waals surface area contributed by atoms with E-state index in [1.165, 1.54) is 0 Å². The molecule has 1 nitrogen and oxygen atoms in total. The van der Waals surface area contributed by atoms with Gasteiger partial charge in [-0.05, 0) is 33.6 Å². The maximum Gasteiger partial charge on any atom is 0.140 e. The summed E-state index contributed by atoms with van der Waals surface area (Å²) in [6.45, 7) is 0. The zero-order valence-corrected chi connectivity index (χ0v) is 7.57. The van der Waals surface area contributed by atoms with Crippen molar-refractivity contribution in [2.75, 3.05) is 0 Å². The van der Waals surface area contributed by atoms with E-state index in [2.05, 4.69) is 15.9 Å². The minimum atomic E-state index is -0.688. The van der Waals surface area contributed by atoms with Crippen molar-refractivity contribution in [1.29, 1.82) is 0 Å². The summed E-state index contributed by atoms with van der Waals surface area (Å²) in [4.78, 5) is 10.0. The molecule has 0 heterocycles. The molecular weight excluding hydrogens is 230 g/mol. The number of carbonyl (C=O) groups is 1. The summed E-state index contributed by atoms with van der Waals surface area (Å²) >= 11 is 2.73. The Balaban J connectivity index is 3.11. The summed E-state index contributed by atoms with van der Waals surface area (Å²) in [6.07, 6.45) is 0.628. The summed E-state index contributed by atoms with van der Waals surface area (Å²) in [6, 6.07) is 2.25. The molecule has 1 aromatic rings. The van der Waals surface area contributed by atoms with E-state index in [-0.39, 0.29) is 10.9 Å². The fraction of sp³-hybridized carbons (Fsp3) is 0.125. The van der Waals surface area contributed by atoms with Crippen LogP contribution in [0.4, 0.5) is 8.78 Å². The first-order chi connectivity index (χ1) is 5.65. The molecule has 0 fully saturated rings. The van der Waals surface area contributed by atoms with Gasteiger partial charge >= 0.3 is 0 Å². The number of aldehydes is 1. The highest BCUT2D eigenvalue weighted by atomic mass is 79.9. The quantitative estimate of drug-likeness (QED) is 0.568. The predicted octanol–water partition coefficient (Wildman–Crippen LogP) is 2.47. The molecule has 12 heavy (non-hydrogen) atoms. The van der Waals surface area contributed by atoms with Crippen LogP contribution in [0.3, 0.4) is 0 Å². The van der Waals surface area contributed by atoms with Gasteiger partial charge in [-0.3, -0.25) is 0 Å². The molecule has 0 saturated carbocycles. The van der Waals surface area contributed by atoms with Crippen LogP contribution in [-0.2, 0) is 11.2 Å². The van der Waals surface area contributed by atoms with E-state index in [9.17, 15) is 13.6 Å². The highest BCUT2D eigenvalue weighted by molar-refractivity contribution is 9.10. The second kappa shape index (κ2) is 3.76. The molecule has 0 aromatic heterocycles. The van der Waals surface area contributed by atoms with Crippen LogP contribution in [0, 0.1) is 11.6 Å². The van der Waals surface area contributed by atoms with Crippen molar-refractivity contribution in [3.05, 3.63) is 33.8 Å². The number of carbonyl (C=O) groups excluding carboxylic acids is 1. The average Bonchev–Trinajstić information content (AvgIpc) is 2.01. The van der Waals surface area contributed by atoms with E-state index in [1.54, 1.807) is 0 Å². The maximum atomic E-state index is 12.8. The van der Waals surface area contributed by atoms with Gasteiger partial charge < -0.3 is 4.79 Å².